The molecule has 2 aromatic heterocycles. The molecule has 2 aromatic rings. The molecule has 0 unspecified atom stereocenters. The fourth-order valence-electron chi connectivity index (χ4n) is 1.78. The minimum atomic E-state index is 0.957. The Morgan fingerprint density at radius 2 is 2.11 bits per heavy atom. The number of pyridine rings is 2. The minimum absolute atomic E-state index is 0.957. The maximum Gasteiger partial charge on any atom is 0.0778 e. The van der Waals surface area contributed by atoms with Crippen molar-refractivity contribution in [2.45, 2.75) is 6.92 Å². The average molecular weight is 237 g/mol. The Labute approximate surface area is 106 Å². The lowest BCUT2D eigenvalue weighted by Crippen LogP contribution is -1.89. The van der Waals surface area contributed by atoms with Gasteiger partial charge in [0.15, 0.2) is 0 Å². The Morgan fingerprint density at radius 1 is 1.22 bits per heavy atom. The van der Waals surface area contributed by atoms with Crippen LogP contribution in [0.1, 0.15) is 12.6 Å². The summed E-state index contributed by atoms with van der Waals surface area (Å²) >= 11 is 0. The van der Waals surface area contributed by atoms with Gasteiger partial charge in [0.05, 0.1) is 5.69 Å². The summed E-state index contributed by atoms with van der Waals surface area (Å²) in [6.45, 7) is 1.99. The highest BCUT2D eigenvalue weighted by Crippen LogP contribution is 2.22. The van der Waals surface area contributed by atoms with E-state index in [0.29, 0.717) is 0 Å². The van der Waals surface area contributed by atoms with Crippen LogP contribution < -0.4 is 5.73 Å². The van der Waals surface area contributed by atoms with Gasteiger partial charge in [-0.3, -0.25) is 9.97 Å². The fourth-order valence-corrected chi connectivity index (χ4v) is 1.78. The first-order valence-electron chi connectivity index (χ1n) is 5.77. The molecule has 18 heavy (non-hydrogen) atoms. The number of nitrogens with two attached hydrogens (primary N) is 1. The summed E-state index contributed by atoms with van der Waals surface area (Å²) in [7, 11) is 0. The van der Waals surface area contributed by atoms with Crippen LogP contribution in [0.3, 0.4) is 0 Å². The van der Waals surface area contributed by atoms with Gasteiger partial charge in [0.2, 0.25) is 0 Å². The van der Waals surface area contributed by atoms with E-state index < -0.39 is 0 Å². The van der Waals surface area contributed by atoms with E-state index in [1.165, 1.54) is 6.20 Å². The Morgan fingerprint density at radius 3 is 2.89 bits per heavy atom. The van der Waals surface area contributed by atoms with Gasteiger partial charge in [0, 0.05) is 29.4 Å². The molecule has 0 atom stereocenters. The van der Waals surface area contributed by atoms with Crippen LogP contribution in [0.25, 0.3) is 16.3 Å². The number of aromatic nitrogens is 2. The lowest BCUT2D eigenvalue weighted by molar-refractivity contribution is 1.29. The molecular formula is C15H15N3. The van der Waals surface area contributed by atoms with Crippen molar-refractivity contribution in [3.63, 3.8) is 0 Å². The van der Waals surface area contributed by atoms with E-state index in [2.05, 4.69) is 9.97 Å². The molecule has 0 aliphatic heterocycles. The van der Waals surface area contributed by atoms with Gasteiger partial charge in [-0.25, -0.2) is 0 Å². The van der Waals surface area contributed by atoms with Gasteiger partial charge in [-0.1, -0.05) is 18.2 Å². The lowest BCUT2D eigenvalue weighted by Gasteiger charge is -2.05. The molecule has 0 saturated carbocycles. The summed E-state index contributed by atoms with van der Waals surface area (Å²) in [4.78, 5) is 8.58. The largest absolute Gasteiger partial charge is 0.405 e. The molecule has 3 heteroatoms. The molecule has 0 amide bonds. The molecule has 0 bridgehead atoms. The van der Waals surface area contributed by atoms with E-state index in [-0.39, 0.29) is 0 Å². The highest BCUT2D eigenvalue weighted by atomic mass is 14.7. The second-order valence-electron chi connectivity index (χ2n) is 3.74. The summed E-state index contributed by atoms with van der Waals surface area (Å²) in [5, 5.41) is 2.19. The Hall–Kier alpha value is -2.42. The van der Waals surface area contributed by atoms with Crippen LogP contribution in [0.4, 0.5) is 0 Å². The Bertz CT molecular complexity index is 619. The molecule has 90 valence electrons. The van der Waals surface area contributed by atoms with Gasteiger partial charge in [-0.15, -0.1) is 0 Å². The molecule has 0 radical (unpaired) electrons. The van der Waals surface area contributed by atoms with Crippen molar-refractivity contribution in [2.75, 3.05) is 0 Å². The number of hydrogen-bond donors (Lipinski definition) is 1. The third kappa shape index (κ3) is 2.46. The summed E-state index contributed by atoms with van der Waals surface area (Å²) in [5.74, 6) is 0. The first-order chi connectivity index (χ1) is 8.86. The van der Waals surface area contributed by atoms with Crippen LogP contribution in [0, 0.1) is 0 Å². The standard InChI is InChI=1S/C15H15N3/c1-2-12(5-3-4-8-16)15-14-7-9-17-11-13(14)6-10-18-15/h2-11H,16H2,1H3/b5-3-,8-4+,12-2+. The Balaban J connectivity index is 2.52. The quantitative estimate of drug-likeness (QED) is 0.835. The van der Waals surface area contributed by atoms with Gasteiger partial charge < -0.3 is 5.73 Å². The first-order valence-corrected chi connectivity index (χ1v) is 5.77. The SMILES string of the molecule is C\C=C(/C=C\C=C\N)c1nccc2cnccc12. The van der Waals surface area contributed by atoms with E-state index in [0.717, 1.165) is 22.0 Å². The van der Waals surface area contributed by atoms with Gasteiger partial charge in [-0.05, 0) is 36.9 Å². The maximum atomic E-state index is 5.31. The summed E-state index contributed by atoms with van der Waals surface area (Å²) < 4.78 is 0. The number of rotatable bonds is 3. The van der Waals surface area contributed by atoms with Crippen molar-refractivity contribution in [3.8, 4) is 0 Å². The van der Waals surface area contributed by atoms with Crippen LogP contribution in [0.5, 0.6) is 0 Å². The molecular weight excluding hydrogens is 222 g/mol. The van der Waals surface area contributed by atoms with Crippen LogP contribution >= 0.6 is 0 Å². The molecule has 2 N–H and O–H groups in total. The van der Waals surface area contributed by atoms with Gasteiger partial charge >= 0.3 is 0 Å². The smallest absolute Gasteiger partial charge is 0.0778 e. The molecule has 0 fully saturated rings. The second kappa shape index (κ2) is 5.77. The van der Waals surface area contributed by atoms with Gasteiger partial charge in [-0.2, -0.15) is 0 Å². The number of fused-ring (bicyclic) bond motifs is 1. The third-order valence-corrected chi connectivity index (χ3v) is 2.65. The van der Waals surface area contributed by atoms with E-state index in [4.69, 9.17) is 5.73 Å². The van der Waals surface area contributed by atoms with Gasteiger partial charge in [0.25, 0.3) is 0 Å². The number of allylic oxidation sites excluding steroid dienone is 5. The molecule has 2 heterocycles. The number of nitrogens with zero attached hydrogens (tertiary/aromatic N) is 2. The van der Waals surface area contributed by atoms with Crippen molar-refractivity contribution in [2.24, 2.45) is 5.73 Å². The van der Waals surface area contributed by atoms with Crippen molar-refractivity contribution < 1.29 is 0 Å². The monoisotopic (exact) mass is 237 g/mol. The zero-order valence-electron chi connectivity index (χ0n) is 10.2. The van der Waals surface area contributed by atoms with E-state index in [1.807, 2.05) is 43.5 Å². The van der Waals surface area contributed by atoms with Crippen LogP contribution in [0.15, 0.2) is 61.2 Å². The molecule has 0 aliphatic carbocycles. The predicted octanol–water partition coefficient (Wildman–Crippen LogP) is 3.06. The second-order valence-corrected chi connectivity index (χ2v) is 3.74. The van der Waals surface area contributed by atoms with E-state index >= 15 is 0 Å². The lowest BCUT2D eigenvalue weighted by atomic mass is 10.1. The average Bonchev–Trinajstić information content (AvgIpc) is 2.43. The normalized spacial score (nSPS) is 12.8. The predicted molar refractivity (Wildman–Crippen MR) is 75.7 cm³/mol. The van der Waals surface area contributed by atoms with Gasteiger partial charge in [0.1, 0.15) is 0 Å². The highest BCUT2D eigenvalue weighted by Gasteiger charge is 2.04. The molecule has 0 saturated heterocycles. The molecule has 2 rings (SSSR count). The number of hydrogen-bond acceptors (Lipinski definition) is 3. The third-order valence-electron chi connectivity index (χ3n) is 2.65. The van der Waals surface area contributed by atoms with Crippen molar-refractivity contribution in [3.05, 3.63) is 66.9 Å². The molecule has 3 nitrogen and oxygen atoms in total. The Kier molecular flexibility index (Phi) is 3.86. The summed E-state index contributed by atoms with van der Waals surface area (Å²) in [5.41, 5.74) is 7.33. The zero-order valence-corrected chi connectivity index (χ0v) is 10.2. The highest BCUT2D eigenvalue weighted by molar-refractivity contribution is 5.93. The van der Waals surface area contributed by atoms with Crippen LogP contribution in [0.2, 0.25) is 0 Å². The topological polar surface area (TPSA) is 51.8 Å². The van der Waals surface area contributed by atoms with Crippen molar-refractivity contribution in [1.82, 2.24) is 9.97 Å². The van der Waals surface area contributed by atoms with E-state index in [9.17, 15) is 0 Å². The van der Waals surface area contributed by atoms with E-state index in [1.54, 1.807) is 18.5 Å². The van der Waals surface area contributed by atoms with Crippen LogP contribution in [-0.4, -0.2) is 9.97 Å². The molecule has 0 spiro atoms. The molecule has 0 aromatic carbocycles. The zero-order chi connectivity index (χ0) is 12.8. The van der Waals surface area contributed by atoms with Crippen LogP contribution in [-0.2, 0) is 0 Å². The fraction of sp³-hybridized carbons (Fsp3) is 0.0667. The minimum Gasteiger partial charge on any atom is -0.405 e. The van der Waals surface area contributed by atoms with Crippen molar-refractivity contribution in [1.29, 1.82) is 0 Å². The summed E-state index contributed by atoms with van der Waals surface area (Å²) in [6, 6.07) is 3.94. The first kappa shape index (κ1) is 12.0. The summed E-state index contributed by atoms with van der Waals surface area (Å²) in [6.07, 6.45) is 14.6. The maximum absolute atomic E-state index is 5.31. The molecule has 0 aliphatic rings. The van der Waals surface area contributed by atoms with Crippen molar-refractivity contribution >= 4 is 16.3 Å².